The number of hydrogen-bond donors (Lipinski definition) is 2. The smallest absolute Gasteiger partial charge is 0.434 e. The molecule has 2 aliphatic rings. The predicted molar refractivity (Wildman–Crippen MR) is 93.1 cm³/mol. The molecule has 0 aliphatic heterocycles. The Bertz CT molecular complexity index is 901. The second kappa shape index (κ2) is 6.65. The SMILES string of the molecule is O=C(O)c1cnn(-c2ccc(NC(=O)C(C3CC3)C3CC3)cc2)c1C(F)(F)F. The van der Waals surface area contributed by atoms with Gasteiger partial charge in [0.1, 0.15) is 5.56 Å². The van der Waals surface area contributed by atoms with Gasteiger partial charge in [0.05, 0.1) is 11.9 Å². The number of halogens is 3. The number of alkyl halides is 3. The number of carboxylic acid groups (broad SMARTS) is 1. The average molecular weight is 393 g/mol. The second-order valence-electron chi connectivity index (χ2n) is 7.36. The van der Waals surface area contributed by atoms with Crippen LogP contribution in [0.1, 0.15) is 41.7 Å². The van der Waals surface area contributed by atoms with Crippen LogP contribution in [0.3, 0.4) is 0 Å². The maximum atomic E-state index is 13.3. The number of aromatic nitrogens is 2. The number of nitrogens with zero attached hydrogens (tertiary/aromatic N) is 2. The summed E-state index contributed by atoms with van der Waals surface area (Å²) in [4.78, 5) is 23.6. The quantitative estimate of drug-likeness (QED) is 0.778. The highest BCUT2D eigenvalue weighted by Gasteiger charge is 2.45. The third kappa shape index (κ3) is 3.61. The minimum atomic E-state index is -4.88. The molecule has 2 N–H and O–H groups in total. The number of anilines is 1. The molecular weight excluding hydrogens is 375 g/mol. The Hall–Kier alpha value is -2.84. The van der Waals surface area contributed by atoms with Crippen LogP contribution in [-0.2, 0) is 11.0 Å². The van der Waals surface area contributed by atoms with Gasteiger partial charge in [0.25, 0.3) is 0 Å². The highest BCUT2D eigenvalue weighted by molar-refractivity contribution is 5.93. The molecule has 148 valence electrons. The Labute approximate surface area is 158 Å². The maximum Gasteiger partial charge on any atom is 0.434 e. The van der Waals surface area contributed by atoms with Crippen LogP contribution in [0.15, 0.2) is 30.5 Å². The lowest BCUT2D eigenvalue weighted by molar-refractivity contribution is -0.143. The van der Waals surface area contributed by atoms with Crippen LogP contribution in [0.2, 0.25) is 0 Å². The fourth-order valence-corrected chi connectivity index (χ4v) is 3.61. The van der Waals surface area contributed by atoms with Crippen LogP contribution >= 0.6 is 0 Å². The molecule has 1 aromatic heterocycles. The molecule has 28 heavy (non-hydrogen) atoms. The van der Waals surface area contributed by atoms with Crippen molar-refractivity contribution in [2.45, 2.75) is 31.9 Å². The molecule has 1 amide bonds. The van der Waals surface area contributed by atoms with Gasteiger partial charge < -0.3 is 10.4 Å². The number of carboxylic acids is 1. The van der Waals surface area contributed by atoms with E-state index >= 15 is 0 Å². The summed E-state index contributed by atoms with van der Waals surface area (Å²) in [5.74, 6) is -0.838. The van der Waals surface area contributed by atoms with E-state index < -0.39 is 23.4 Å². The molecule has 0 spiro atoms. The van der Waals surface area contributed by atoms with Crippen molar-refractivity contribution in [3.8, 4) is 5.69 Å². The number of nitrogens with one attached hydrogen (secondary N) is 1. The lowest BCUT2D eigenvalue weighted by Gasteiger charge is -2.16. The topological polar surface area (TPSA) is 84.2 Å². The molecule has 6 nitrogen and oxygen atoms in total. The van der Waals surface area contributed by atoms with E-state index in [-0.39, 0.29) is 17.5 Å². The number of aromatic carboxylic acids is 1. The number of rotatable bonds is 6. The van der Waals surface area contributed by atoms with Crippen LogP contribution in [0.25, 0.3) is 5.69 Å². The van der Waals surface area contributed by atoms with Crippen LogP contribution < -0.4 is 5.32 Å². The summed E-state index contributed by atoms with van der Waals surface area (Å²) in [7, 11) is 0. The van der Waals surface area contributed by atoms with Crippen LogP contribution in [0.5, 0.6) is 0 Å². The van der Waals surface area contributed by atoms with Gasteiger partial charge >= 0.3 is 12.1 Å². The number of carbonyl (C=O) groups is 2. The number of carbonyl (C=O) groups excluding carboxylic acids is 1. The Morgan fingerprint density at radius 2 is 1.68 bits per heavy atom. The van der Waals surface area contributed by atoms with E-state index in [2.05, 4.69) is 10.4 Å². The number of amides is 1. The summed E-state index contributed by atoms with van der Waals surface area (Å²) in [5.41, 5.74) is -1.72. The molecule has 0 saturated heterocycles. The highest BCUT2D eigenvalue weighted by atomic mass is 19.4. The van der Waals surface area contributed by atoms with Crippen LogP contribution in [0.4, 0.5) is 18.9 Å². The zero-order valence-corrected chi connectivity index (χ0v) is 14.7. The Morgan fingerprint density at radius 3 is 2.14 bits per heavy atom. The molecule has 4 rings (SSSR count). The van der Waals surface area contributed by atoms with Gasteiger partial charge in [-0.3, -0.25) is 4.79 Å². The van der Waals surface area contributed by atoms with Gasteiger partial charge in [0.15, 0.2) is 5.69 Å². The van der Waals surface area contributed by atoms with Gasteiger partial charge in [-0.1, -0.05) is 0 Å². The zero-order valence-electron chi connectivity index (χ0n) is 14.7. The molecule has 2 fully saturated rings. The zero-order chi connectivity index (χ0) is 20.1. The predicted octanol–water partition coefficient (Wildman–Crippen LogP) is 3.96. The number of hydrogen-bond acceptors (Lipinski definition) is 3. The molecule has 9 heteroatoms. The molecule has 0 bridgehead atoms. The summed E-state index contributed by atoms with van der Waals surface area (Å²) in [6.07, 6.45) is 0.0748. The third-order valence-corrected chi connectivity index (χ3v) is 5.21. The van der Waals surface area contributed by atoms with Crippen molar-refractivity contribution in [3.63, 3.8) is 0 Å². The van der Waals surface area contributed by atoms with Gasteiger partial charge in [0.2, 0.25) is 5.91 Å². The number of benzene rings is 1. The van der Waals surface area contributed by atoms with Crippen molar-refractivity contribution in [1.82, 2.24) is 9.78 Å². The van der Waals surface area contributed by atoms with E-state index in [1.807, 2.05) is 0 Å². The maximum absolute atomic E-state index is 13.3. The van der Waals surface area contributed by atoms with Crippen molar-refractivity contribution in [1.29, 1.82) is 0 Å². The first kappa shape index (κ1) is 18.5. The average Bonchev–Trinajstić information content (AvgIpc) is 3.55. The Balaban J connectivity index is 1.55. The van der Waals surface area contributed by atoms with Crippen molar-refractivity contribution < 1.29 is 27.9 Å². The van der Waals surface area contributed by atoms with E-state index in [4.69, 9.17) is 5.11 Å². The first-order valence-electron chi connectivity index (χ1n) is 9.05. The minimum absolute atomic E-state index is 0.0146. The minimum Gasteiger partial charge on any atom is -0.478 e. The van der Waals surface area contributed by atoms with Gasteiger partial charge in [0, 0.05) is 11.6 Å². The largest absolute Gasteiger partial charge is 0.478 e. The van der Waals surface area contributed by atoms with E-state index in [9.17, 15) is 22.8 Å². The summed E-state index contributed by atoms with van der Waals surface area (Å²) in [5, 5.41) is 15.4. The molecule has 2 saturated carbocycles. The molecular formula is C19H18F3N3O3. The van der Waals surface area contributed by atoms with Crippen molar-refractivity contribution in [3.05, 3.63) is 41.7 Å². The lowest BCUT2D eigenvalue weighted by atomic mass is 9.97. The van der Waals surface area contributed by atoms with Crippen molar-refractivity contribution in [2.75, 3.05) is 5.32 Å². The van der Waals surface area contributed by atoms with Gasteiger partial charge in [-0.05, 0) is 61.8 Å². The molecule has 1 heterocycles. The fourth-order valence-electron chi connectivity index (χ4n) is 3.61. The molecule has 1 aromatic carbocycles. The van der Waals surface area contributed by atoms with Gasteiger partial charge in [-0.2, -0.15) is 18.3 Å². The molecule has 0 radical (unpaired) electrons. The first-order chi connectivity index (χ1) is 13.3. The van der Waals surface area contributed by atoms with E-state index in [0.717, 1.165) is 25.7 Å². The third-order valence-electron chi connectivity index (χ3n) is 5.21. The van der Waals surface area contributed by atoms with Gasteiger partial charge in [-0.25, -0.2) is 9.48 Å². The Kier molecular flexibility index (Phi) is 4.40. The van der Waals surface area contributed by atoms with E-state index in [1.54, 1.807) is 0 Å². The monoisotopic (exact) mass is 393 g/mol. The normalized spacial score (nSPS) is 17.0. The fraction of sp³-hybridized carbons (Fsp3) is 0.421. The van der Waals surface area contributed by atoms with Crippen LogP contribution in [0, 0.1) is 17.8 Å². The van der Waals surface area contributed by atoms with E-state index in [0.29, 0.717) is 28.4 Å². The summed E-state index contributed by atoms with van der Waals surface area (Å²) < 4.78 is 40.5. The summed E-state index contributed by atoms with van der Waals surface area (Å²) in [6, 6.07) is 5.72. The van der Waals surface area contributed by atoms with Gasteiger partial charge in [-0.15, -0.1) is 0 Å². The van der Waals surface area contributed by atoms with Crippen molar-refractivity contribution >= 4 is 17.6 Å². The molecule has 2 aromatic rings. The standard InChI is InChI=1S/C19H18F3N3O3/c20-19(21,22)16-14(18(27)28)9-23-25(16)13-7-5-12(6-8-13)24-17(26)15(10-1-2-10)11-3-4-11/h5-11,15H,1-4H2,(H,24,26)(H,27,28). The second-order valence-corrected chi connectivity index (χ2v) is 7.36. The van der Waals surface area contributed by atoms with E-state index in [1.165, 1.54) is 24.3 Å². The Morgan fingerprint density at radius 1 is 1.11 bits per heavy atom. The molecule has 0 atom stereocenters. The highest BCUT2D eigenvalue weighted by Crippen LogP contribution is 2.49. The first-order valence-corrected chi connectivity index (χ1v) is 9.05. The van der Waals surface area contributed by atoms with Crippen molar-refractivity contribution in [2.24, 2.45) is 17.8 Å². The molecule has 0 unspecified atom stereocenters. The lowest BCUT2D eigenvalue weighted by Crippen LogP contribution is -2.26. The summed E-state index contributed by atoms with van der Waals surface area (Å²) >= 11 is 0. The molecule has 2 aliphatic carbocycles. The van der Waals surface area contributed by atoms with Crippen LogP contribution in [-0.4, -0.2) is 26.8 Å². The summed E-state index contributed by atoms with van der Waals surface area (Å²) in [6.45, 7) is 0.